The van der Waals surface area contributed by atoms with E-state index in [0.717, 1.165) is 6.92 Å². The van der Waals surface area contributed by atoms with Crippen molar-refractivity contribution in [3.63, 3.8) is 0 Å². The highest BCUT2D eigenvalue weighted by atomic mass is 19.4. The molecule has 0 heterocycles. The van der Waals surface area contributed by atoms with Gasteiger partial charge in [0.1, 0.15) is 0 Å². The maximum Gasteiger partial charge on any atom is 0.429 e. The Morgan fingerprint density at radius 3 is 1.82 bits per heavy atom. The first-order chi connectivity index (χ1) is 9.97. The summed E-state index contributed by atoms with van der Waals surface area (Å²) in [5.74, 6) is 0. The fourth-order valence-electron chi connectivity index (χ4n) is 2.89. The van der Waals surface area contributed by atoms with Crippen molar-refractivity contribution in [2.24, 2.45) is 0 Å². The Labute approximate surface area is 123 Å². The van der Waals surface area contributed by atoms with Crippen LogP contribution in [0.25, 0.3) is 0 Å². The highest BCUT2D eigenvalue weighted by molar-refractivity contribution is 5.13. The number of hydrogen-bond acceptors (Lipinski definition) is 4. The van der Waals surface area contributed by atoms with Crippen LogP contribution in [-0.2, 0) is 14.4 Å². The van der Waals surface area contributed by atoms with Gasteiger partial charge in [-0.25, -0.2) is 4.89 Å². The summed E-state index contributed by atoms with van der Waals surface area (Å²) < 4.78 is 89.8. The van der Waals surface area contributed by atoms with Gasteiger partial charge in [0, 0.05) is 6.61 Å². The largest absolute Gasteiger partial charge is 0.429 e. The molecular weight excluding hydrogens is 322 g/mol. The van der Waals surface area contributed by atoms with Crippen molar-refractivity contribution < 1.29 is 46.0 Å². The van der Waals surface area contributed by atoms with Crippen molar-refractivity contribution in [3.05, 3.63) is 0 Å². The number of ether oxygens (including phenoxy) is 2. The molecule has 0 aromatic rings. The number of hydrogen-bond donors (Lipinski definition) is 1. The van der Waals surface area contributed by atoms with Gasteiger partial charge in [-0.15, -0.1) is 0 Å². The SMILES string of the molecule is CCOC(C)OC(C(F)(F)F)(C(F)(F)F)C1(OO)CCCC1. The molecule has 1 unspecified atom stereocenters. The Hall–Kier alpha value is -0.580. The molecule has 10 heteroatoms. The monoisotopic (exact) mass is 340 g/mol. The zero-order chi connectivity index (χ0) is 17.2. The van der Waals surface area contributed by atoms with Gasteiger partial charge in [-0.05, 0) is 26.7 Å². The standard InChI is InChI=1S/C12H18F6O4/c1-3-20-8(2)21-10(11(13,14)15,12(16,17)18)9(22-19)6-4-5-7-9/h8,19H,3-7H2,1-2H3. The predicted octanol–water partition coefficient (Wildman–Crippen LogP) is 4.05. The Morgan fingerprint density at radius 1 is 1.05 bits per heavy atom. The third-order valence-corrected chi connectivity index (χ3v) is 3.77. The van der Waals surface area contributed by atoms with E-state index in [4.69, 9.17) is 5.26 Å². The van der Waals surface area contributed by atoms with Gasteiger partial charge in [0.25, 0.3) is 5.60 Å². The topological polar surface area (TPSA) is 47.9 Å². The Kier molecular flexibility index (Phi) is 5.75. The van der Waals surface area contributed by atoms with Gasteiger partial charge in [-0.2, -0.15) is 26.3 Å². The smallest absolute Gasteiger partial charge is 0.353 e. The van der Waals surface area contributed by atoms with Crippen molar-refractivity contribution in [1.82, 2.24) is 0 Å². The molecule has 0 bridgehead atoms. The van der Waals surface area contributed by atoms with Gasteiger partial charge < -0.3 is 9.47 Å². The van der Waals surface area contributed by atoms with E-state index in [-0.39, 0.29) is 19.4 Å². The quantitative estimate of drug-likeness (QED) is 0.343. The minimum atomic E-state index is -5.86. The summed E-state index contributed by atoms with van der Waals surface area (Å²) in [4.78, 5) is 3.78. The molecule has 0 spiro atoms. The number of halogens is 6. The van der Waals surface area contributed by atoms with Crippen molar-refractivity contribution >= 4 is 0 Å². The van der Waals surface area contributed by atoms with Crippen LogP contribution in [0, 0.1) is 0 Å². The van der Waals surface area contributed by atoms with Crippen LogP contribution in [0.2, 0.25) is 0 Å². The minimum absolute atomic E-state index is 0.0425. The summed E-state index contributed by atoms with van der Waals surface area (Å²) in [7, 11) is 0. The zero-order valence-corrected chi connectivity index (χ0v) is 12.1. The van der Waals surface area contributed by atoms with Gasteiger partial charge in [0.05, 0.1) is 0 Å². The molecule has 1 saturated carbocycles. The van der Waals surface area contributed by atoms with Crippen LogP contribution in [0.1, 0.15) is 39.5 Å². The molecule has 1 aliphatic rings. The number of alkyl halides is 6. The molecule has 1 N–H and O–H groups in total. The van der Waals surface area contributed by atoms with E-state index in [0.29, 0.717) is 0 Å². The molecule has 0 saturated heterocycles. The van der Waals surface area contributed by atoms with E-state index in [9.17, 15) is 26.3 Å². The van der Waals surface area contributed by atoms with E-state index in [2.05, 4.69) is 14.4 Å². The first kappa shape index (κ1) is 19.5. The van der Waals surface area contributed by atoms with Crippen molar-refractivity contribution in [1.29, 1.82) is 0 Å². The van der Waals surface area contributed by atoms with Crippen LogP contribution >= 0.6 is 0 Å². The van der Waals surface area contributed by atoms with Crippen LogP contribution in [-0.4, -0.2) is 41.7 Å². The Bertz CT molecular complexity index is 348. The second kappa shape index (κ2) is 6.50. The third kappa shape index (κ3) is 3.06. The lowest BCUT2D eigenvalue weighted by atomic mass is 9.79. The summed E-state index contributed by atoms with van der Waals surface area (Å²) in [5.41, 5.74) is -7.62. The van der Waals surface area contributed by atoms with Crippen molar-refractivity contribution in [2.75, 3.05) is 6.61 Å². The van der Waals surface area contributed by atoms with E-state index < -0.39 is 42.7 Å². The van der Waals surface area contributed by atoms with Gasteiger partial charge in [-0.3, -0.25) is 5.26 Å². The molecule has 0 aromatic heterocycles. The summed E-state index contributed by atoms with van der Waals surface area (Å²) in [6, 6.07) is 0. The van der Waals surface area contributed by atoms with Crippen LogP contribution < -0.4 is 0 Å². The fourth-order valence-corrected chi connectivity index (χ4v) is 2.89. The predicted molar refractivity (Wildman–Crippen MR) is 61.9 cm³/mol. The van der Waals surface area contributed by atoms with Gasteiger partial charge >= 0.3 is 12.4 Å². The van der Waals surface area contributed by atoms with E-state index in [1.807, 2.05) is 0 Å². The molecular formula is C12H18F6O4. The summed E-state index contributed by atoms with van der Waals surface area (Å²) >= 11 is 0. The molecule has 22 heavy (non-hydrogen) atoms. The summed E-state index contributed by atoms with van der Waals surface area (Å²) in [6.07, 6.45) is -14.7. The van der Waals surface area contributed by atoms with Crippen LogP contribution in [0.5, 0.6) is 0 Å². The molecule has 1 atom stereocenters. The summed E-state index contributed by atoms with van der Waals surface area (Å²) in [5, 5.41) is 8.90. The molecule has 1 rings (SSSR count). The Morgan fingerprint density at radius 2 is 1.50 bits per heavy atom. The minimum Gasteiger partial charge on any atom is -0.353 e. The van der Waals surface area contributed by atoms with Crippen LogP contribution in [0.15, 0.2) is 0 Å². The van der Waals surface area contributed by atoms with Gasteiger partial charge in [0.2, 0.25) is 0 Å². The first-order valence-corrected chi connectivity index (χ1v) is 6.73. The molecule has 0 aromatic carbocycles. The molecule has 132 valence electrons. The van der Waals surface area contributed by atoms with Crippen molar-refractivity contribution in [2.45, 2.75) is 69.4 Å². The highest BCUT2D eigenvalue weighted by Crippen LogP contribution is 2.58. The lowest BCUT2D eigenvalue weighted by Crippen LogP contribution is -2.72. The average molecular weight is 340 g/mol. The van der Waals surface area contributed by atoms with Crippen molar-refractivity contribution in [3.8, 4) is 0 Å². The third-order valence-electron chi connectivity index (χ3n) is 3.77. The maximum atomic E-state index is 13.5. The molecule has 0 radical (unpaired) electrons. The van der Waals surface area contributed by atoms with E-state index in [1.54, 1.807) is 0 Å². The first-order valence-electron chi connectivity index (χ1n) is 6.73. The average Bonchev–Trinajstić information content (AvgIpc) is 2.83. The highest BCUT2D eigenvalue weighted by Gasteiger charge is 2.83. The molecule has 1 fully saturated rings. The van der Waals surface area contributed by atoms with Crippen LogP contribution in [0.4, 0.5) is 26.3 Å². The fraction of sp³-hybridized carbons (Fsp3) is 1.00. The molecule has 0 aliphatic heterocycles. The van der Waals surface area contributed by atoms with Gasteiger partial charge in [0.15, 0.2) is 11.9 Å². The molecule has 0 amide bonds. The maximum absolute atomic E-state index is 13.5. The molecule has 1 aliphatic carbocycles. The lowest BCUT2D eigenvalue weighted by molar-refractivity contribution is -0.485. The van der Waals surface area contributed by atoms with E-state index in [1.165, 1.54) is 6.92 Å². The number of rotatable bonds is 6. The second-order valence-corrected chi connectivity index (χ2v) is 5.11. The van der Waals surface area contributed by atoms with E-state index >= 15 is 0 Å². The van der Waals surface area contributed by atoms with Gasteiger partial charge in [-0.1, -0.05) is 12.8 Å². The molecule has 4 nitrogen and oxygen atoms in total. The normalized spacial score (nSPS) is 21.1. The zero-order valence-electron chi connectivity index (χ0n) is 12.1. The Balaban J connectivity index is 3.46. The van der Waals surface area contributed by atoms with Crippen LogP contribution in [0.3, 0.4) is 0 Å². The second-order valence-electron chi connectivity index (χ2n) is 5.11. The lowest BCUT2D eigenvalue weighted by Gasteiger charge is -2.47. The summed E-state index contributed by atoms with van der Waals surface area (Å²) in [6.45, 7) is 2.19.